The van der Waals surface area contributed by atoms with Crippen LogP contribution in [0.15, 0.2) is 4.99 Å². The molecule has 20 heavy (non-hydrogen) atoms. The summed E-state index contributed by atoms with van der Waals surface area (Å²) in [5.41, 5.74) is 0.385. The number of nitrogens with one attached hydrogen (secondary N) is 2. The van der Waals surface area contributed by atoms with E-state index in [1.54, 1.807) is 0 Å². The fourth-order valence-corrected chi connectivity index (χ4v) is 3.39. The van der Waals surface area contributed by atoms with Crippen molar-refractivity contribution in [1.29, 1.82) is 0 Å². The molecular formula is C16H29N3O. The van der Waals surface area contributed by atoms with E-state index < -0.39 is 0 Å². The molecule has 2 aliphatic rings. The van der Waals surface area contributed by atoms with Gasteiger partial charge in [-0.2, -0.15) is 0 Å². The summed E-state index contributed by atoms with van der Waals surface area (Å²) in [7, 11) is 0. The first kappa shape index (κ1) is 15.3. The molecule has 4 heteroatoms. The lowest BCUT2D eigenvalue weighted by atomic mass is 9.68. The highest BCUT2D eigenvalue weighted by molar-refractivity contribution is 6.05. The Balaban J connectivity index is 1.93. The summed E-state index contributed by atoms with van der Waals surface area (Å²) < 4.78 is 0. The molecule has 1 saturated carbocycles. The molecule has 0 bridgehead atoms. The molecule has 0 radical (unpaired) electrons. The lowest BCUT2D eigenvalue weighted by molar-refractivity contribution is -0.121. The van der Waals surface area contributed by atoms with Gasteiger partial charge in [0.1, 0.15) is 6.04 Å². The molecule has 0 aromatic rings. The molecule has 0 spiro atoms. The Hall–Kier alpha value is -1.06. The van der Waals surface area contributed by atoms with Crippen LogP contribution in [0.1, 0.15) is 60.3 Å². The van der Waals surface area contributed by atoms with Gasteiger partial charge in [-0.1, -0.05) is 20.8 Å². The molecular weight excluding hydrogens is 250 g/mol. The topological polar surface area (TPSA) is 53.5 Å². The highest BCUT2D eigenvalue weighted by Gasteiger charge is 2.38. The number of hydrogen-bond donors (Lipinski definition) is 2. The quantitative estimate of drug-likeness (QED) is 0.816. The zero-order chi connectivity index (χ0) is 14.9. The zero-order valence-electron chi connectivity index (χ0n) is 13.5. The number of carbonyl (C=O) groups is 1. The van der Waals surface area contributed by atoms with Crippen LogP contribution >= 0.6 is 0 Å². The lowest BCUT2D eigenvalue weighted by Gasteiger charge is -2.37. The van der Waals surface area contributed by atoms with E-state index in [1.165, 1.54) is 12.8 Å². The number of carbonyl (C=O) groups excluding carboxylic acids is 1. The van der Waals surface area contributed by atoms with E-state index in [0.717, 1.165) is 18.8 Å². The summed E-state index contributed by atoms with van der Waals surface area (Å²) in [5, 5.41) is 6.07. The number of guanidine groups is 1. The average molecular weight is 279 g/mol. The SMILES string of the molecule is CC(C)NC1=NC(C2CCC(C(C)(C)C)CC2)C(=O)N1. The van der Waals surface area contributed by atoms with Crippen molar-refractivity contribution in [1.82, 2.24) is 10.6 Å². The molecule has 1 aliphatic heterocycles. The van der Waals surface area contributed by atoms with Gasteiger partial charge >= 0.3 is 0 Å². The van der Waals surface area contributed by atoms with E-state index in [2.05, 4.69) is 50.2 Å². The van der Waals surface area contributed by atoms with Crippen molar-refractivity contribution in [3.8, 4) is 0 Å². The van der Waals surface area contributed by atoms with Gasteiger partial charge in [0.05, 0.1) is 0 Å². The highest BCUT2D eigenvalue weighted by Crippen LogP contribution is 2.41. The predicted molar refractivity (Wildman–Crippen MR) is 82.5 cm³/mol. The number of aliphatic imine (C=N–C) groups is 1. The molecule has 2 rings (SSSR count). The van der Waals surface area contributed by atoms with E-state index in [0.29, 0.717) is 23.3 Å². The maximum absolute atomic E-state index is 12.1. The zero-order valence-corrected chi connectivity index (χ0v) is 13.5. The van der Waals surface area contributed by atoms with Gasteiger partial charge in [0.25, 0.3) is 5.91 Å². The van der Waals surface area contributed by atoms with Crippen LogP contribution < -0.4 is 10.6 Å². The van der Waals surface area contributed by atoms with Crippen molar-refractivity contribution in [3.63, 3.8) is 0 Å². The Labute approximate surface area is 122 Å². The van der Waals surface area contributed by atoms with Crippen LogP contribution in [0.5, 0.6) is 0 Å². The third-order valence-electron chi connectivity index (χ3n) is 4.65. The van der Waals surface area contributed by atoms with E-state index >= 15 is 0 Å². The Morgan fingerprint density at radius 3 is 2.30 bits per heavy atom. The molecule has 4 nitrogen and oxygen atoms in total. The number of hydrogen-bond acceptors (Lipinski definition) is 3. The third kappa shape index (κ3) is 3.53. The molecule has 1 atom stereocenters. The Morgan fingerprint density at radius 1 is 1.20 bits per heavy atom. The van der Waals surface area contributed by atoms with Gasteiger partial charge in [0.2, 0.25) is 0 Å². The maximum atomic E-state index is 12.1. The van der Waals surface area contributed by atoms with Gasteiger partial charge in [-0.15, -0.1) is 0 Å². The van der Waals surface area contributed by atoms with Crippen molar-refractivity contribution in [3.05, 3.63) is 0 Å². The van der Waals surface area contributed by atoms with E-state index in [1.807, 2.05) is 0 Å². The smallest absolute Gasteiger partial charge is 0.251 e. The monoisotopic (exact) mass is 279 g/mol. The molecule has 2 N–H and O–H groups in total. The normalized spacial score (nSPS) is 31.2. The molecule has 1 fully saturated rings. The van der Waals surface area contributed by atoms with Crippen molar-refractivity contribution < 1.29 is 4.79 Å². The van der Waals surface area contributed by atoms with E-state index in [4.69, 9.17) is 0 Å². The molecule has 0 saturated heterocycles. The fourth-order valence-electron chi connectivity index (χ4n) is 3.39. The largest absolute Gasteiger partial charge is 0.354 e. The van der Waals surface area contributed by atoms with Gasteiger partial charge in [-0.3, -0.25) is 10.1 Å². The van der Waals surface area contributed by atoms with Crippen molar-refractivity contribution in [2.45, 2.75) is 72.4 Å². The van der Waals surface area contributed by atoms with Gasteiger partial charge in [-0.05, 0) is 56.8 Å². The summed E-state index contributed by atoms with van der Waals surface area (Å²) in [6, 6.07) is 0.126. The fraction of sp³-hybridized carbons (Fsp3) is 0.875. The van der Waals surface area contributed by atoms with Crippen LogP contribution in [0.25, 0.3) is 0 Å². The minimum atomic E-state index is -0.169. The number of rotatable bonds is 2. The van der Waals surface area contributed by atoms with Crippen molar-refractivity contribution in [2.24, 2.45) is 22.2 Å². The van der Waals surface area contributed by atoms with Crippen molar-refractivity contribution >= 4 is 11.9 Å². The molecule has 0 aromatic heterocycles. The van der Waals surface area contributed by atoms with Gasteiger partial charge in [0, 0.05) is 6.04 Å². The van der Waals surface area contributed by atoms with Gasteiger partial charge in [0.15, 0.2) is 5.96 Å². The van der Waals surface area contributed by atoms with E-state index in [-0.39, 0.29) is 11.9 Å². The van der Waals surface area contributed by atoms with Crippen LogP contribution in [0.4, 0.5) is 0 Å². The second kappa shape index (κ2) is 5.74. The Bertz CT molecular complexity index is 387. The number of amides is 1. The molecule has 114 valence electrons. The van der Waals surface area contributed by atoms with Crippen molar-refractivity contribution in [2.75, 3.05) is 0 Å². The van der Waals surface area contributed by atoms with Crippen LogP contribution in [0.3, 0.4) is 0 Å². The average Bonchev–Trinajstić information content (AvgIpc) is 2.68. The van der Waals surface area contributed by atoms with Crippen LogP contribution in [-0.2, 0) is 4.79 Å². The molecule has 1 aliphatic carbocycles. The predicted octanol–water partition coefficient (Wildman–Crippen LogP) is 2.69. The van der Waals surface area contributed by atoms with Crippen LogP contribution in [-0.4, -0.2) is 24.0 Å². The Morgan fingerprint density at radius 2 is 1.80 bits per heavy atom. The van der Waals surface area contributed by atoms with Crippen LogP contribution in [0, 0.1) is 17.3 Å². The molecule has 1 unspecified atom stereocenters. The highest BCUT2D eigenvalue weighted by atomic mass is 16.2. The Kier molecular flexibility index (Phi) is 4.40. The van der Waals surface area contributed by atoms with Gasteiger partial charge < -0.3 is 5.32 Å². The third-order valence-corrected chi connectivity index (χ3v) is 4.65. The molecule has 1 amide bonds. The lowest BCUT2D eigenvalue weighted by Crippen LogP contribution is -2.41. The first-order valence-electron chi connectivity index (χ1n) is 7.92. The minimum Gasteiger partial charge on any atom is -0.354 e. The summed E-state index contributed by atoms with van der Waals surface area (Å²) >= 11 is 0. The second-order valence-corrected chi connectivity index (χ2v) is 7.69. The first-order valence-corrected chi connectivity index (χ1v) is 7.92. The second-order valence-electron chi connectivity index (χ2n) is 7.69. The summed E-state index contributed by atoms with van der Waals surface area (Å²) in [5.74, 6) is 1.93. The van der Waals surface area contributed by atoms with E-state index in [9.17, 15) is 4.79 Å². The first-order chi connectivity index (χ1) is 9.27. The standard InChI is InChI=1S/C16H29N3O/c1-10(2)17-15-18-13(14(20)19-15)11-6-8-12(9-7-11)16(3,4)5/h10-13H,6-9H2,1-5H3,(H2,17,18,19,20). The minimum absolute atomic E-state index is 0.0763. The van der Waals surface area contributed by atoms with Gasteiger partial charge in [-0.25, -0.2) is 4.99 Å². The molecule has 1 heterocycles. The maximum Gasteiger partial charge on any atom is 0.251 e. The summed E-state index contributed by atoms with van der Waals surface area (Å²) in [6.07, 6.45) is 4.69. The summed E-state index contributed by atoms with van der Waals surface area (Å²) in [6.45, 7) is 11.1. The molecule has 0 aromatic carbocycles. The van der Waals surface area contributed by atoms with Crippen LogP contribution in [0.2, 0.25) is 0 Å². The number of nitrogens with zero attached hydrogens (tertiary/aromatic N) is 1. The summed E-state index contributed by atoms with van der Waals surface area (Å²) in [4.78, 5) is 16.6.